The second kappa shape index (κ2) is 6.89. The molecule has 30 heavy (non-hydrogen) atoms. The van der Waals surface area contributed by atoms with Gasteiger partial charge in [0.15, 0.2) is 0 Å². The van der Waals surface area contributed by atoms with Crippen molar-refractivity contribution in [1.82, 2.24) is 0 Å². The summed E-state index contributed by atoms with van der Waals surface area (Å²) in [7, 11) is 0. The van der Waals surface area contributed by atoms with Crippen molar-refractivity contribution < 1.29 is 4.42 Å². The first-order chi connectivity index (χ1) is 14.8. The molecule has 1 heterocycles. The molecule has 1 aromatic heterocycles. The van der Waals surface area contributed by atoms with Crippen molar-refractivity contribution in [3.05, 3.63) is 120 Å². The summed E-state index contributed by atoms with van der Waals surface area (Å²) in [6, 6.07) is 38.8. The number of fused-ring (bicyclic) bond motifs is 5. The topological polar surface area (TPSA) is 13.1 Å². The fourth-order valence-corrected chi connectivity index (χ4v) is 4.39. The van der Waals surface area contributed by atoms with Gasteiger partial charge in [0.05, 0.1) is 0 Å². The Morgan fingerprint density at radius 3 is 2.10 bits per heavy atom. The first kappa shape index (κ1) is 17.1. The van der Waals surface area contributed by atoms with Crippen LogP contribution in [0.5, 0.6) is 0 Å². The molecule has 0 spiro atoms. The van der Waals surface area contributed by atoms with E-state index in [0.29, 0.717) is 0 Å². The van der Waals surface area contributed by atoms with E-state index in [1.54, 1.807) is 0 Å². The highest BCUT2D eigenvalue weighted by Crippen LogP contribution is 2.35. The molecule has 6 rings (SSSR count). The Bertz CT molecular complexity index is 1490. The Balaban J connectivity index is 1.36. The van der Waals surface area contributed by atoms with Crippen LogP contribution in [0.3, 0.4) is 0 Å². The summed E-state index contributed by atoms with van der Waals surface area (Å²) in [5, 5.41) is 4.90. The molecule has 0 N–H and O–H groups in total. The van der Waals surface area contributed by atoms with E-state index in [9.17, 15) is 0 Å². The summed E-state index contributed by atoms with van der Waals surface area (Å²) in [6.07, 6.45) is 0.926. The molecule has 0 radical (unpaired) electrons. The van der Waals surface area contributed by atoms with Crippen LogP contribution in [0.4, 0.5) is 0 Å². The summed E-state index contributed by atoms with van der Waals surface area (Å²) in [4.78, 5) is 0. The molecule has 142 valence electrons. The third-order valence-electron chi connectivity index (χ3n) is 5.89. The second-order valence-electron chi connectivity index (χ2n) is 7.83. The van der Waals surface area contributed by atoms with Gasteiger partial charge < -0.3 is 4.42 Å². The summed E-state index contributed by atoms with van der Waals surface area (Å²) in [5.74, 6) is 0. The minimum absolute atomic E-state index is 0.926. The van der Waals surface area contributed by atoms with Gasteiger partial charge in [0.1, 0.15) is 11.2 Å². The molecular weight excluding hydrogens is 364 g/mol. The predicted octanol–water partition coefficient (Wildman–Crippen LogP) is 8.00. The highest BCUT2D eigenvalue weighted by molar-refractivity contribution is 6.18. The van der Waals surface area contributed by atoms with Crippen molar-refractivity contribution in [3.63, 3.8) is 0 Å². The Morgan fingerprint density at radius 2 is 1.23 bits per heavy atom. The van der Waals surface area contributed by atoms with E-state index in [2.05, 4.69) is 97.1 Å². The lowest BCUT2D eigenvalue weighted by Gasteiger charge is -2.07. The van der Waals surface area contributed by atoms with Crippen LogP contribution in [-0.2, 0) is 6.42 Å². The summed E-state index contributed by atoms with van der Waals surface area (Å²) < 4.78 is 6.03. The van der Waals surface area contributed by atoms with Gasteiger partial charge in [-0.3, -0.25) is 0 Å². The van der Waals surface area contributed by atoms with Crippen LogP contribution in [0.15, 0.2) is 114 Å². The van der Waals surface area contributed by atoms with Gasteiger partial charge in [-0.05, 0) is 51.6 Å². The molecule has 1 nitrogen and oxygen atoms in total. The fraction of sp³-hybridized carbons (Fsp3) is 0.0345. The second-order valence-corrected chi connectivity index (χ2v) is 7.83. The first-order valence-electron chi connectivity index (χ1n) is 10.3. The maximum Gasteiger partial charge on any atom is 0.136 e. The zero-order chi connectivity index (χ0) is 19.9. The smallest absolute Gasteiger partial charge is 0.136 e. The van der Waals surface area contributed by atoms with E-state index >= 15 is 0 Å². The lowest BCUT2D eigenvalue weighted by molar-refractivity contribution is 0.669. The van der Waals surface area contributed by atoms with Crippen molar-refractivity contribution in [1.29, 1.82) is 0 Å². The summed E-state index contributed by atoms with van der Waals surface area (Å²) >= 11 is 0. The first-order valence-corrected chi connectivity index (χ1v) is 10.3. The molecule has 0 saturated heterocycles. The Hall–Kier alpha value is -3.84. The van der Waals surface area contributed by atoms with E-state index in [0.717, 1.165) is 17.6 Å². The average Bonchev–Trinajstić information content (AvgIpc) is 3.19. The number of rotatable bonds is 3. The molecule has 0 aliphatic heterocycles. The molecule has 0 fully saturated rings. The molecule has 6 aromatic rings. The van der Waals surface area contributed by atoms with E-state index in [1.165, 1.54) is 43.8 Å². The van der Waals surface area contributed by atoms with Crippen LogP contribution in [0.2, 0.25) is 0 Å². The maximum atomic E-state index is 6.03. The predicted molar refractivity (Wildman–Crippen MR) is 126 cm³/mol. The van der Waals surface area contributed by atoms with Crippen LogP contribution >= 0.6 is 0 Å². The van der Waals surface area contributed by atoms with Gasteiger partial charge in [-0.1, -0.05) is 97.1 Å². The molecule has 0 unspecified atom stereocenters. The van der Waals surface area contributed by atoms with E-state index in [4.69, 9.17) is 4.42 Å². The Morgan fingerprint density at radius 1 is 0.500 bits per heavy atom. The molecule has 0 aliphatic carbocycles. The number of hydrogen-bond acceptors (Lipinski definition) is 1. The quantitative estimate of drug-likeness (QED) is 0.301. The van der Waals surface area contributed by atoms with E-state index in [1.807, 2.05) is 12.1 Å². The largest absolute Gasteiger partial charge is 0.456 e. The van der Waals surface area contributed by atoms with Gasteiger partial charge in [0, 0.05) is 10.8 Å². The van der Waals surface area contributed by atoms with Gasteiger partial charge in [-0.2, -0.15) is 0 Å². The summed E-state index contributed by atoms with van der Waals surface area (Å²) in [6.45, 7) is 0. The third kappa shape index (κ3) is 2.87. The van der Waals surface area contributed by atoms with E-state index < -0.39 is 0 Å². The standard InChI is InChI=1S/C29H20O/c1-2-6-22(7-3-1)23-13-10-20(11-14-23)18-21-12-16-25-24(19-21)15-17-28-29(25)26-8-4-5-9-27(26)30-28/h1-17,19H,18H2. The molecule has 5 aromatic carbocycles. The van der Waals surface area contributed by atoms with Crippen molar-refractivity contribution in [3.8, 4) is 11.1 Å². The molecule has 0 amide bonds. The molecule has 0 bridgehead atoms. The molecule has 0 atom stereocenters. The van der Waals surface area contributed by atoms with Crippen molar-refractivity contribution in [2.45, 2.75) is 6.42 Å². The monoisotopic (exact) mass is 384 g/mol. The van der Waals surface area contributed by atoms with Crippen LogP contribution in [0.25, 0.3) is 43.8 Å². The SMILES string of the molecule is c1ccc(-c2ccc(Cc3ccc4c(ccc5oc6ccccc6c54)c3)cc2)cc1. The highest BCUT2D eigenvalue weighted by Gasteiger charge is 2.10. The van der Waals surface area contributed by atoms with Crippen LogP contribution in [-0.4, -0.2) is 0 Å². The van der Waals surface area contributed by atoms with Gasteiger partial charge >= 0.3 is 0 Å². The fourth-order valence-electron chi connectivity index (χ4n) is 4.39. The van der Waals surface area contributed by atoms with Gasteiger partial charge in [0.2, 0.25) is 0 Å². The van der Waals surface area contributed by atoms with Gasteiger partial charge in [-0.25, -0.2) is 0 Å². The zero-order valence-corrected chi connectivity index (χ0v) is 16.5. The van der Waals surface area contributed by atoms with E-state index in [-0.39, 0.29) is 0 Å². The highest BCUT2D eigenvalue weighted by atomic mass is 16.3. The van der Waals surface area contributed by atoms with Crippen LogP contribution < -0.4 is 0 Å². The summed E-state index contributed by atoms with van der Waals surface area (Å²) in [5.41, 5.74) is 7.06. The van der Waals surface area contributed by atoms with Crippen molar-refractivity contribution in [2.24, 2.45) is 0 Å². The Labute approximate surface area is 175 Å². The van der Waals surface area contributed by atoms with Gasteiger partial charge in [0.25, 0.3) is 0 Å². The third-order valence-corrected chi connectivity index (χ3v) is 5.89. The van der Waals surface area contributed by atoms with Crippen LogP contribution in [0.1, 0.15) is 11.1 Å². The normalized spacial score (nSPS) is 11.5. The number of benzene rings is 5. The number of furan rings is 1. The van der Waals surface area contributed by atoms with Crippen molar-refractivity contribution in [2.75, 3.05) is 0 Å². The average molecular weight is 384 g/mol. The molecule has 0 aliphatic rings. The van der Waals surface area contributed by atoms with Crippen molar-refractivity contribution >= 4 is 32.7 Å². The minimum atomic E-state index is 0.926. The lowest BCUT2D eigenvalue weighted by Crippen LogP contribution is -1.89. The van der Waals surface area contributed by atoms with Gasteiger partial charge in [-0.15, -0.1) is 0 Å². The number of hydrogen-bond donors (Lipinski definition) is 0. The molecule has 0 saturated carbocycles. The number of para-hydroxylation sites is 1. The maximum absolute atomic E-state index is 6.03. The molecular formula is C29H20O. The Kier molecular flexibility index (Phi) is 3.92. The zero-order valence-electron chi connectivity index (χ0n) is 16.5. The lowest BCUT2D eigenvalue weighted by atomic mass is 9.97. The molecule has 1 heteroatoms. The van der Waals surface area contributed by atoms with Crippen LogP contribution in [0, 0.1) is 0 Å². The minimum Gasteiger partial charge on any atom is -0.456 e.